The first kappa shape index (κ1) is 41.6. The largest absolute Gasteiger partial charge is 0.497 e. The van der Waals surface area contributed by atoms with Crippen molar-refractivity contribution in [1.82, 2.24) is 0 Å². The Hall–Kier alpha value is -4.86. The molecule has 1 heterocycles. The summed E-state index contributed by atoms with van der Waals surface area (Å²) in [6, 6.07) is 9.78. The summed E-state index contributed by atoms with van der Waals surface area (Å²) in [6.45, 7) is 25.3. The fourth-order valence-corrected chi connectivity index (χ4v) is 4.67. The molecule has 274 valence electrons. The van der Waals surface area contributed by atoms with Gasteiger partial charge in [-0.1, -0.05) is 11.6 Å². The summed E-state index contributed by atoms with van der Waals surface area (Å²) in [5.74, 6) is -2.54. The Balaban J connectivity index is 0.000000216. The van der Waals surface area contributed by atoms with Crippen LogP contribution in [-0.4, -0.2) is 18.3 Å². The van der Waals surface area contributed by atoms with E-state index in [1.165, 1.54) is 26.8 Å². The molecule has 15 heteroatoms. The van der Waals surface area contributed by atoms with Crippen LogP contribution in [0.3, 0.4) is 0 Å². The molecule has 0 aliphatic carbocycles. The zero-order valence-corrected chi connectivity index (χ0v) is 28.8. The molecule has 4 aromatic rings. The van der Waals surface area contributed by atoms with Crippen LogP contribution in [0, 0.1) is 57.2 Å². The van der Waals surface area contributed by atoms with Gasteiger partial charge in [-0.15, -0.1) is 0 Å². The van der Waals surface area contributed by atoms with E-state index in [-0.39, 0.29) is 39.1 Å². The summed E-state index contributed by atoms with van der Waals surface area (Å²) in [6.07, 6.45) is -9.04. The molecule has 4 nitrogen and oxygen atoms in total. The minimum absolute atomic E-state index is 0.0207. The third-order valence-corrected chi connectivity index (χ3v) is 8.24. The third-order valence-electron chi connectivity index (χ3n) is 8.24. The number of hydrogen-bond donors (Lipinski definition) is 0. The first-order valence-electron chi connectivity index (χ1n) is 15.2. The van der Waals surface area contributed by atoms with Gasteiger partial charge >= 0.3 is 19.5 Å². The highest BCUT2D eigenvalue weighted by Gasteiger charge is 2.52. The van der Waals surface area contributed by atoms with E-state index in [1.54, 1.807) is 0 Å². The molecule has 1 saturated heterocycles. The maximum atomic E-state index is 13.9. The van der Waals surface area contributed by atoms with Gasteiger partial charge in [0.15, 0.2) is 11.4 Å². The van der Waals surface area contributed by atoms with Crippen molar-refractivity contribution < 1.29 is 53.2 Å². The molecule has 0 atom stereocenters. The highest BCUT2D eigenvalue weighted by Crippen LogP contribution is 2.38. The van der Waals surface area contributed by atoms with Crippen molar-refractivity contribution in [3.8, 4) is 11.1 Å². The molecule has 4 aromatic carbocycles. The van der Waals surface area contributed by atoms with Gasteiger partial charge in [-0.05, 0) is 120 Å². The fraction of sp³-hybridized carbons (Fsp3) is 0.297. The number of benzene rings is 4. The van der Waals surface area contributed by atoms with E-state index in [9.17, 15) is 43.9 Å². The maximum Gasteiger partial charge on any atom is 0.497 e. The second kappa shape index (κ2) is 15.4. The number of nitrogens with zero attached hydrogens (tertiary/aromatic N) is 2. The Labute approximate surface area is 294 Å². The monoisotopic (exact) mass is 736 g/mol. The van der Waals surface area contributed by atoms with Gasteiger partial charge in [0.2, 0.25) is 0 Å². The van der Waals surface area contributed by atoms with Crippen LogP contribution < -0.4 is 5.46 Å². The molecule has 0 aromatic heterocycles. The van der Waals surface area contributed by atoms with E-state index in [0.717, 1.165) is 42.5 Å². The summed E-state index contributed by atoms with van der Waals surface area (Å²) in [4.78, 5) is 5.89. The van der Waals surface area contributed by atoms with E-state index in [4.69, 9.17) is 22.5 Å². The second-order valence-corrected chi connectivity index (χ2v) is 12.8. The van der Waals surface area contributed by atoms with Gasteiger partial charge < -0.3 is 9.31 Å². The number of hydrogen-bond acceptors (Lipinski definition) is 2. The zero-order chi connectivity index (χ0) is 39.6. The fourth-order valence-electron chi connectivity index (χ4n) is 4.67. The van der Waals surface area contributed by atoms with Gasteiger partial charge in [0.25, 0.3) is 0 Å². The molecule has 0 radical (unpaired) electrons. The Morgan fingerprint density at radius 1 is 0.558 bits per heavy atom. The first-order chi connectivity index (χ1) is 23.8. The van der Waals surface area contributed by atoms with E-state index >= 15 is 0 Å². The average Bonchev–Trinajstić information content (AvgIpc) is 3.25. The van der Waals surface area contributed by atoms with Crippen LogP contribution in [0.15, 0.2) is 60.7 Å². The van der Waals surface area contributed by atoms with Crippen LogP contribution in [0.5, 0.6) is 0 Å². The summed E-state index contributed by atoms with van der Waals surface area (Å²) < 4.78 is 141. The quantitative estimate of drug-likeness (QED) is 0.116. The van der Waals surface area contributed by atoms with Gasteiger partial charge in [-0.3, -0.25) is 0 Å². The highest BCUT2D eigenvalue weighted by molar-refractivity contribution is 6.62. The number of halogens is 10. The summed E-state index contributed by atoms with van der Waals surface area (Å²) >= 11 is 0. The van der Waals surface area contributed by atoms with Gasteiger partial charge in [-0.25, -0.2) is 27.3 Å². The molecule has 52 heavy (non-hydrogen) atoms. The lowest BCUT2D eigenvalue weighted by Gasteiger charge is -2.32. The van der Waals surface area contributed by atoms with Gasteiger partial charge in [0, 0.05) is 22.2 Å². The van der Waals surface area contributed by atoms with Crippen LogP contribution in [0.1, 0.15) is 55.5 Å². The summed E-state index contributed by atoms with van der Waals surface area (Å²) in [5.41, 5.74) is -2.87. The SMILES string of the molecule is Cc1cc(F)c(B2OC(C)(C)C(C)(C)O2)cc1F.[C-]#[N+]c1cc(-c2cc(F)c(C)cc2F)cc(C(F)(F)F)c1.[C-]#[N+]c1cc(C)cc(C(F)(F)F)c1. The molecular weight excluding hydrogens is 705 g/mol. The van der Waals surface area contributed by atoms with Crippen LogP contribution in [0.4, 0.5) is 55.3 Å². The first-order valence-corrected chi connectivity index (χ1v) is 15.2. The molecule has 0 N–H and O–H groups in total. The van der Waals surface area contributed by atoms with Gasteiger partial charge in [-0.2, -0.15) is 26.3 Å². The summed E-state index contributed by atoms with van der Waals surface area (Å²) in [5, 5.41) is 0. The predicted molar refractivity (Wildman–Crippen MR) is 177 cm³/mol. The van der Waals surface area contributed by atoms with Crippen LogP contribution in [0.25, 0.3) is 20.8 Å². The Morgan fingerprint density at radius 2 is 1.00 bits per heavy atom. The van der Waals surface area contributed by atoms with E-state index in [2.05, 4.69) is 9.69 Å². The Kier molecular flexibility index (Phi) is 12.3. The third kappa shape index (κ3) is 9.93. The van der Waals surface area contributed by atoms with Crippen LogP contribution in [0.2, 0.25) is 0 Å². The number of aryl methyl sites for hydroxylation is 3. The number of rotatable bonds is 2. The van der Waals surface area contributed by atoms with Crippen LogP contribution in [-0.2, 0) is 21.7 Å². The lowest BCUT2D eigenvalue weighted by atomic mass is 9.78. The van der Waals surface area contributed by atoms with E-state index in [1.807, 2.05) is 27.7 Å². The summed E-state index contributed by atoms with van der Waals surface area (Å²) in [7, 11) is -0.870. The number of alkyl halides is 6. The van der Waals surface area contributed by atoms with Gasteiger partial charge in [0.1, 0.15) is 23.3 Å². The van der Waals surface area contributed by atoms with Crippen molar-refractivity contribution in [2.24, 2.45) is 0 Å². The normalized spacial score (nSPS) is 14.7. The lowest BCUT2D eigenvalue weighted by molar-refractivity contribution is -0.138. The second-order valence-electron chi connectivity index (χ2n) is 12.8. The molecule has 0 bridgehead atoms. The molecule has 0 saturated carbocycles. The average molecular weight is 736 g/mol. The van der Waals surface area contributed by atoms with E-state index in [0.29, 0.717) is 17.7 Å². The molecule has 0 spiro atoms. The molecule has 0 unspecified atom stereocenters. The molecule has 5 rings (SSSR count). The standard InChI is InChI=1S/C15H8F5N.C13H17BF2O2.C9H6F3N/c1-8-3-14(17)12(7-13(8)16)9-4-10(15(18,19)20)6-11(5-9)21-2;1-8-6-11(16)9(7-10(8)15)14-17-12(2,3)13(4,5)18-14;1-6-3-7(9(10,11)12)5-8(4-6)13-2/h3-7H,1H3;6-7H,1-5H3;3-5H,1H3. The van der Waals surface area contributed by atoms with Crippen molar-refractivity contribution in [2.75, 3.05) is 0 Å². The van der Waals surface area contributed by atoms with Crippen molar-refractivity contribution in [2.45, 2.75) is 72.0 Å². The van der Waals surface area contributed by atoms with Crippen molar-refractivity contribution in [3.63, 3.8) is 0 Å². The van der Waals surface area contributed by atoms with Gasteiger partial charge in [0.05, 0.1) is 24.3 Å². The topological polar surface area (TPSA) is 27.2 Å². The van der Waals surface area contributed by atoms with E-state index < -0.39 is 65.1 Å². The zero-order valence-electron chi connectivity index (χ0n) is 28.8. The van der Waals surface area contributed by atoms with Crippen molar-refractivity contribution in [3.05, 3.63) is 135 Å². The molecule has 0 amide bonds. The highest BCUT2D eigenvalue weighted by atomic mass is 19.4. The lowest BCUT2D eigenvalue weighted by Crippen LogP contribution is -2.41. The minimum atomic E-state index is -4.67. The van der Waals surface area contributed by atoms with Crippen LogP contribution >= 0.6 is 0 Å². The molecule has 1 aliphatic heterocycles. The Morgan fingerprint density at radius 3 is 1.48 bits per heavy atom. The Bertz CT molecular complexity index is 2030. The van der Waals surface area contributed by atoms with Crippen molar-refractivity contribution in [1.29, 1.82) is 0 Å². The predicted octanol–water partition coefficient (Wildman–Crippen LogP) is 11.6. The molecule has 1 aliphatic rings. The van der Waals surface area contributed by atoms with Crippen molar-refractivity contribution >= 4 is 24.0 Å². The maximum absolute atomic E-state index is 13.9. The minimum Gasteiger partial charge on any atom is -0.399 e. The molecular formula is C37H31BF10N2O2. The smallest absolute Gasteiger partial charge is 0.399 e. The molecule has 1 fully saturated rings.